The predicted molar refractivity (Wildman–Crippen MR) is 68.8 cm³/mol. The summed E-state index contributed by atoms with van der Waals surface area (Å²) in [7, 11) is 0. The maximum absolute atomic E-state index is 12.0. The topological polar surface area (TPSA) is 80.9 Å². The van der Waals surface area contributed by atoms with Gasteiger partial charge in [0.15, 0.2) is 0 Å². The minimum Gasteiger partial charge on any atom is -0.399 e. The number of carbonyl (C=O) groups is 1. The summed E-state index contributed by atoms with van der Waals surface area (Å²) in [4.78, 5) is 12.0. The maximum Gasteiger partial charge on any atom is 0.251 e. The van der Waals surface area contributed by atoms with E-state index in [9.17, 15) is 4.79 Å². The lowest BCUT2D eigenvalue weighted by Crippen LogP contribution is -2.24. The first-order chi connectivity index (χ1) is 8.66. The number of rotatable bonds is 3. The summed E-state index contributed by atoms with van der Waals surface area (Å²) in [6.07, 6.45) is 1.59. The molecule has 0 bridgehead atoms. The molecule has 92 valence electrons. The summed E-state index contributed by atoms with van der Waals surface area (Å²) in [6.45, 7) is 2.21. The Morgan fingerprint density at radius 2 is 2.22 bits per heavy atom. The lowest BCUT2D eigenvalue weighted by Gasteiger charge is -2.07. The fraction of sp³-hybridized carbons (Fsp3) is 0.154. The number of benzene rings is 1. The van der Waals surface area contributed by atoms with E-state index in [4.69, 9.17) is 5.73 Å². The Morgan fingerprint density at radius 1 is 1.39 bits per heavy atom. The highest BCUT2D eigenvalue weighted by atomic mass is 16.1. The smallest absolute Gasteiger partial charge is 0.251 e. The van der Waals surface area contributed by atoms with Crippen LogP contribution in [-0.4, -0.2) is 16.1 Å². The van der Waals surface area contributed by atoms with Crippen LogP contribution >= 0.6 is 0 Å². The zero-order valence-electron chi connectivity index (χ0n) is 10.1. The Hall–Kier alpha value is -2.43. The van der Waals surface area contributed by atoms with E-state index in [2.05, 4.69) is 15.5 Å². The van der Waals surface area contributed by atoms with Crippen LogP contribution in [0.2, 0.25) is 0 Å². The van der Waals surface area contributed by atoms with Gasteiger partial charge in [-0.2, -0.15) is 10.2 Å². The van der Waals surface area contributed by atoms with Gasteiger partial charge in [0, 0.05) is 17.4 Å². The third-order valence-corrected chi connectivity index (χ3v) is 2.55. The summed E-state index contributed by atoms with van der Waals surface area (Å²) in [5, 5.41) is 10.4. The average molecular weight is 242 g/mol. The van der Waals surface area contributed by atoms with Crippen molar-refractivity contribution in [2.45, 2.75) is 13.5 Å². The standard InChI is InChI=1S/C13H14N4O/c1-9-7-10(14)4-5-12(9)13(18)15-8-11-3-2-6-16-17-11/h2-7H,8,14H2,1H3,(H,15,18). The normalized spacial score (nSPS) is 10.1. The number of aromatic nitrogens is 2. The molecule has 2 aromatic rings. The number of aryl methyl sites for hydroxylation is 1. The number of nitrogens with one attached hydrogen (secondary N) is 1. The van der Waals surface area contributed by atoms with Crippen molar-refractivity contribution in [3.05, 3.63) is 53.3 Å². The van der Waals surface area contributed by atoms with Gasteiger partial charge in [0.05, 0.1) is 12.2 Å². The molecule has 0 aliphatic carbocycles. The van der Waals surface area contributed by atoms with Gasteiger partial charge in [0.1, 0.15) is 0 Å². The van der Waals surface area contributed by atoms with Crippen LogP contribution < -0.4 is 11.1 Å². The second-order valence-electron chi connectivity index (χ2n) is 3.97. The molecule has 0 fully saturated rings. The van der Waals surface area contributed by atoms with Gasteiger partial charge in [-0.15, -0.1) is 0 Å². The van der Waals surface area contributed by atoms with Crippen molar-refractivity contribution in [3.8, 4) is 0 Å². The highest BCUT2D eigenvalue weighted by Crippen LogP contribution is 2.12. The van der Waals surface area contributed by atoms with Crippen molar-refractivity contribution in [3.63, 3.8) is 0 Å². The second-order valence-corrected chi connectivity index (χ2v) is 3.97. The summed E-state index contributed by atoms with van der Waals surface area (Å²) >= 11 is 0. The van der Waals surface area contributed by atoms with Crippen molar-refractivity contribution >= 4 is 11.6 Å². The monoisotopic (exact) mass is 242 g/mol. The molecule has 0 unspecified atom stereocenters. The molecule has 2 rings (SSSR count). The first kappa shape index (κ1) is 12.0. The molecule has 5 heteroatoms. The molecule has 0 saturated carbocycles. The molecule has 1 aromatic carbocycles. The molecule has 18 heavy (non-hydrogen) atoms. The van der Waals surface area contributed by atoms with Crippen LogP contribution in [0.25, 0.3) is 0 Å². The van der Waals surface area contributed by atoms with Gasteiger partial charge in [-0.05, 0) is 42.8 Å². The van der Waals surface area contributed by atoms with E-state index in [0.717, 1.165) is 11.3 Å². The molecule has 5 nitrogen and oxygen atoms in total. The number of amides is 1. The van der Waals surface area contributed by atoms with E-state index in [0.29, 0.717) is 17.8 Å². The van der Waals surface area contributed by atoms with Gasteiger partial charge in [0.2, 0.25) is 0 Å². The molecule has 1 amide bonds. The lowest BCUT2D eigenvalue weighted by molar-refractivity contribution is 0.0950. The Kier molecular flexibility index (Phi) is 3.52. The Balaban J connectivity index is 2.04. The first-order valence-corrected chi connectivity index (χ1v) is 5.58. The van der Waals surface area contributed by atoms with Crippen molar-refractivity contribution in [1.82, 2.24) is 15.5 Å². The van der Waals surface area contributed by atoms with Crippen molar-refractivity contribution in [1.29, 1.82) is 0 Å². The Bertz CT molecular complexity index is 554. The van der Waals surface area contributed by atoms with Gasteiger partial charge in [-0.1, -0.05) is 0 Å². The average Bonchev–Trinajstić information content (AvgIpc) is 2.37. The zero-order chi connectivity index (χ0) is 13.0. The van der Waals surface area contributed by atoms with Gasteiger partial charge < -0.3 is 11.1 Å². The fourth-order valence-electron chi connectivity index (χ4n) is 1.64. The van der Waals surface area contributed by atoms with Gasteiger partial charge in [0.25, 0.3) is 5.91 Å². The molecule has 0 atom stereocenters. The molecule has 1 heterocycles. The van der Waals surface area contributed by atoms with Crippen LogP contribution in [-0.2, 0) is 6.54 Å². The largest absolute Gasteiger partial charge is 0.399 e. The van der Waals surface area contributed by atoms with E-state index < -0.39 is 0 Å². The van der Waals surface area contributed by atoms with E-state index in [1.54, 1.807) is 30.5 Å². The van der Waals surface area contributed by atoms with Crippen LogP contribution in [0.5, 0.6) is 0 Å². The Labute approximate surface area is 105 Å². The molecule has 0 aliphatic rings. The van der Waals surface area contributed by atoms with E-state index in [1.165, 1.54) is 0 Å². The Morgan fingerprint density at radius 3 is 2.89 bits per heavy atom. The molecule has 0 spiro atoms. The van der Waals surface area contributed by atoms with Crippen LogP contribution in [0.3, 0.4) is 0 Å². The first-order valence-electron chi connectivity index (χ1n) is 5.58. The third-order valence-electron chi connectivity index (χ3n) is 2.55. The highest BCUT2D eigenvalue weighted by molar-refractivity contribution is 5.95. The third kappa shape index (κ3) is 2.82. The molecule has 3 N–H and O–H groups in total. The molecule has 0 radical (unpaired) electrons. The molecular formula is C13H14N4O. The van der Waals surface area contributed by atoms with Gasteiger partial charge in [-0.3, -0.25) is 4.79 Å². The van der Waals surface area contributed by atoms with Crippen molar-refractivity contribution in [2.24, 2.45) is 0 Å². The van der Waals surface area contributed by atoms with Crippen LogP contribution in [0.4, 0.5) is 5.69 Å². The van der Waals surface area contributed by atoms with Crippen molar-refractivity contribution < 1.29 is 4.79 Å². The zero-order valence-corrected chi connectivity index (χ0v) is 10.1. The van der Waals surface area contributed by atoms with E-state index in [-0.39, 0.29) is 5.91 Å². The van der Waals surface area contributed by atoms with E-state index >= 15 is 0 Å². The number of hydrogen-bond acceptors (Lipinski definition) is 4. The fourth-order valence-corrected chi connectivity index (χ4v) is 1.64. The number of nitrogens with zero attached hydrogens (tertiary/aromatic N) is 2. The van der Waals surface area contributed by atoms with Gasteiger partial charge >= 0.3 is 0 Å². The lowest BCUT2D eigenvalue weighted by atomic mass is 10.1. The van der Waals surface area contributed by atoms with E-state index in [1.807, 2.05) is 13.0 Å². The van der Waals surface area contributed by atoms with Crippen LogP contribution in [0.1, 0.15) is 21.6 Å². The van der Waals surface area contributed by atoms with Crippen molar-refractivity contribution in [2.75, 3.05) is 5.73 Å². The van der Waals surface area contributed by atoms with Gasteiger partial charge in [-0.25, -0.2) is 0 Å². The second kappa shape index (κ2) is 5.27. The number of carbonyl (C=O) groups excluding carboxylic acids is 1. The quantitative estimate of drug-likeness (QED) is 0.795. The predicted octanol–water partition coefficient (Wildman–Crippen LogP) is 1.30. The SMILES string of the molecule is Cc1cc(N)ccc1C(=O)NCc1cccnn1. The molecule has 0 saturated heterocycles. The number of nitrogen functional groups attached to an aromatic ring is 1. The summed E-state index contributed by atoms with van der Waals surface area (Å²) < 4.78 is 0. The summed E-state index contributed by atoms with van der Waals surface area (Å²) in [5.41, 5.74) is 8.49. The number of hydrogen-bond donors (Lipinski definition) is 2. The van der Waals surface area contributed by atoms with Crippen LogP contribution in [0.15, 0.2) is 36.5 Å². The highest BCUT2D eigenvalue weighted by Gasteiger charge is 2.08. The molecule has 1 aromatic heterocycles. The van der Waals surface area contributed by atoms with Crippen LogP contribution in [0, 0.1) is 6.92 Å². The number of nitrogens with two attached hydrogens (primary N) is 1. The minimum absolute atomic E-state index is 0.141. The minimum atomic E-state index is -0.141. The maximum atomic E-state index is 12.0. The molecular weight excluding hydrogens is 228 g/mol. The number of anilines is 1. The molecule has 0 aliphatic heterocycles. The summed E-state index contributed by atoms with van der Waals surface area (Å²) in [5.74, 6) is -0.141. The summed E-state index contributed by atoms with van der Waals surface area (Å²) in [6, 6.07) is 8.80.